The van der Waals surface area contributed by atoms with Crippen LogP contribution >= 0.6 is 11.8 Å². The third-order valence-electron chi connectivity index (χ3n) is 2.03. The summed E-state index contributed by atoms with van der Waals surface area (Å²) in [5.74, 6) is 0.571. The first kappa shape index (κ1) is 11.0. The molecular formula is C10H13N3S. The number of thioether (sulfide) groups is 1. The van der Waals surface area contributed by atoms with Crippen LogP contribution < -0.4 is 0 Å². The van der Waals surface area contributed by atoms with Gasteiger partial charge in [0, 0.05) is 11.4 Å². The Bertz CT molecular complexity index is 343. The minimum absolute atomic E-state index is 0.456. The summed E-state index contributed by atoms with van der Waals surface area (Å²) >= 11 is 1.63. The molecule has 1 heterocycles. The Labute approximate surface area is 88.6 Å². The lowest BCUT2D eigenvalue weighted by molar-refractivity contribution is 0.641. The number of hydrogen-bond acceptors (Lipinski definition) is 4. The summed E-state index contributed by atoms with van der Waals surface area (Å²) in [5, 5.41) is 10.1. The lowest BCUT2D eigenvalue weighted by Gasteiger charge is -2.14. The Morgan fingerprint density at radius 2 is 2.14 bits per heavy atom. The Kier molecular flexibility index (Phi) is 3.90. The van der Waals surface area contributed by atoms with Crippen molar-refractivity contribution in [1.82, 2.24) is 9.97 Å². The molecular weight excluding hydrogens is 194 g/mol. The van der Waals surface area contributed by atoms with E-state index in [0.29, 0.717) is 16.7 Å². The van der Waals surface area contributed by atoms with Crippen LogP contribution in [0.4, 0.5) is 0 Å². The summed E-state index contributed by atoms with van der Waals surface area (Å²) in [4.78, 5) is 7.92. The minimum Gasteiger partial charge on any atom is -0.243 e. The molecule has 0 N–H and O–H groups in total. The van der Waals surface area contributed by atoms with E-state index in [4.69, 9.17) is 5.26 Å². The molecule has 1 atom stereocenters. The third-order valence-corrected chi connectivity index (χ3v) is 3.50. The van der Waals surface area contributed by atoms with Gasteiger partial charge in [0.05, 0.1) is 0 Å². The fourth-order valence-electron chi connectivity index (χ4n) is 0.801. The monoisotopic (exact) mass is 207 g/mol. The molecule has 0 radical (unpaired) electrons. The second-order valence-corrected chi connectivity index (χ2v) is 4.79. The molecule has 0 aliphatic heterocycles. The lowest BCUT2D eigenvalue weighted by atomic mass is 10.2. The van der Waals surface area contributed by atoms with Crippen molar-refractivity contribution in [3.05, 3.63) is 18.1 Å². The van der Waals surface area contributed by atoms with Crippen LogP contribution in [0.15, 0.2) is 17.6 Å². The normalized spacial score (nSPS) is 12.5. The molecule has 1 unspecified atom stereocenters. The fourth-order valence-corrected chi connectivity index (χ4v) is 1.76. The van der Waals surface area contributed by atoms with E-state index in [9.17, 15) is 0 Å². The average Bonchev–Trinajstić information content (AvgIpc) is 2.18. The van der Waals surface area contributed by atoms with Crippen LogP contribution in [0.2, 0.25) is 0 Å². The van der Waals surface area contributed by atoms with Gasteiger partial charge in [-0.2, -0.15) is 5.26 Å². The highest BCUT2D eigenvalue weighted by molar-refractivity contribution is 7.99. The maximum Gasteiger partial charge on any atom is 0.117 e. The van der Waals surface area contributed by atoms with Gasteiger partial charge in [0.1, 0.15) is 23.0 Å². The predicted octanol–water partition coefficient (Wildman–Crippen LogP) is 2.48. The van der Waals surface area contributed by atoms with Crippen LogP contribution in [-0.4, -0.2) is 15.2 Å². The smallest absolute Gasteiger partial charge is 0.117 e. The molecule has 0 fully saturated rings. The molecule has 14 heavy (non-hydrogen) atoms. The summed E-state index contributed by atoms with van der Waals surface area (Å²) in [6.45, 7) is 6.45. The maximum atomic E-state index is 8.83. The van der Waals surface area contributed by atoms with Crippen molar-refractivity contribution in [2.24, 2.45) is 5.92 Å². The molecule has 0 saturated carbocycles. The molecule has 1 aromatic rings. The maximum absolute atomic E-state index is 8.83. The highest BCUT2D eigenvalue weighted by Crippen LogP contribution is 2.27. The molecule has 1 aromatic heterocycles. The van der Waals surface area contributed by atoms with Crippen LogP contribution in [0.3, 0.4) is 0 Å². The van der Waals surface area contributed by atoms with Gasteiger partial charge >= 0.3 is 0 Å². The van der Waals surface area contributed by atoms with E-state index in [0.717, 1.165) is 5.03 Å². The Morgan fingerprint density at radius 1 is 1.43 bits per heavy atom. The van der Waals surface area contributed by atoms with Gasteiger partial charge in [-0.3, -0.25) is 0 Å². The van der Waals surface area contributed by atoms with Crippen molar-refractivity contribution in [2.75, 3.05) is 0 Å². The molecule has 0 aliphatic carbocycles. The van der Waals surface area contributed by atoms with Gasteiger partial charge in [-0.25, -0.2) is 9.97 Å². The SMILES string of the molecule is CC(C)C(C)Sc1ncncc1C#N. The van der Waals surface area contributed by atoms with E-state index in [1.165, 1.54) is 6.33 Å². The molecule has 0 amide bonds. The molecule has 0 saturated heterocycles. The molecule has 0 aromatic carbocycles. The van der Waals surface area contributed by atoms with E-state index in [2.05, 4.69) is 36.8 Å². The Hall–Kier alpha value is -1.08. The Morgan fingerprint density at radius 3 is 2.71 bits per heavy atom. The first-order chi connectivity index (χ1) is 6.65. The number of hydrogen-bond donors (Lipinski definition) is 0. The van der Waals surface area contributed by atoms with Crippen molar-refractivity contribution < 1.29 is 0 Å². The van der Waals surface area contributed by atoms with E-state index >= 15 is 0 Å². The summed E-state index contributed by atoms with van der Waals surface area (Å²) in [7, 11) is 0. The zero-order valence-electron chi connectivity index (χ0n) is 8.56. The molecule has 74 valence electrons. The summed E-state index contributed by atoms with van der Waals surface area (Å²) in [6, 6.07) is 2.09. The summed E-state index contributed by atoms with van der Waals surface area (Å²) < 4.78 is 0. The molecule has 3 nitrogen and oxygen atoms in total. The zero-order chi connectivity index (χ0) is 10.6. The number of rotatable bonds is 3. The number of aromatic nitrogens is 2. The minimum atomic E-state index is 0.456. The highest BCUT2D eigenvalue weighted by Gasteiger charge is 2.12. The standard InChI is InChI=1S/C10H13N3S/c1-7(2)8(3)14-10-9(4-11)5-12-6-13-10/h5-8H,1-3H3. The van der Waals surface area contributed by atoms with Crippen LogP contribution in [0.25, 0.3) is 0 Å². The van der Waals surface area contributed by atoms with Gasteiger partial charge in [-0.05, 0) is 5.92 Å². The largest absolute Gasteiger partial charge is 0.243 e. The molecule has 4 heteroatoms. The van der Waals surface area contributed by atoms with E-state index < -0.39 is 0 Å². The quantitative estimate of drug-likeness (QED) is 0.564. The lowest BCUT2D eigenvalue weighted by Crippen LogP contribution is -2.06. The number of nitrogens with zero attached hydrogens (tertiary/aromatic N) is 3. The number of nitriles is 1. The van der Waals surface area contributed by atoms with E-state index in [1.54, 1.807) is 18.0 Å². The molecule has 0 bridgehead atoms. The van der Waals surface area contributed by atoms with Gasteiger partial charge in [-0.15, -0.1) is 11.8 Å². The molecule has 0 spiro atoms. The van der Waals surface area contributed by atoms with Gasteiger partial charge in [0.15, 0.2) is 0 Å². The van der Waals surface area contributed by atoms with Gasteiger partial charge in [0.2, 0.25) is 0 Å². The van der Waals surface area contributed by atoms with E-state index in [-0.39, 0.29) is 0 Å². The van der Waals surface area contributed by atoms with E-state index in [1.807, 2.05) is 0 Å². The first-order valence-electron chi connectivity index (χ1n) is 4.52. The highest BCUT2D eigenvalue weighted by atomic mass is 32.2. The second-order valence-electron chi connectivity index (χ2n) is 3.42. The van der Waals surface area contributed by atoms with Crippen molar-refractivity contribution in [2.45, 2.75) is 31.0 Å². The van der Waals surface area contributed by atoms with Gasteiger partial charge in [-0.1, -0.05) is 20.8 Å². The van der Waals surface area contributed by atoms with Crippen LogP contribution in [-0.2, 0) is 0 Å². The zero-order valence-corrected chi connectivity index (χ0v) is 9.38. The van der Waals surface area contributed by atoms with Crippen molar-refractivity contribution in [3.63, 3.8) is 0 Å². The fraction of sp³-hybridized carbons (Fsp3) is 0.500. The van der Waals surface area contributed by atoms with Crippen LogP contribution in [0.1, 0.15) is 26.3 Å². The molecule has 1 rings (SSSR count). The van der Waals surface area contributed by atoms with Gasteiger partial charge in [0.25, 0.3) is 0 Å². The van der Waals surface area contributed by atoms with Crippen molar-refractivity contribution in [1.29, 1.82) is 5.26 Å². The molecule has 0 aliphatic rings. The van der Waals surface area contributed by atoms with Crippen molar-refractivity contribution >= 4 is 11.8 Å². The first-order valence-corrected chi connectivity index (χ1v) is 5.40. The predicted molar refractivity (Wildman–Crippen MR) is 56.9 cm³/mol. The summed E-state index contributed by atoms with van der Waals surface area (Å²) in [5.41, 5.74) is 0.560. The third kappa shape index (κ3) is 2.71. The van der Waals surface area contributed by atoms with Crippen molar-refractivity contribution in [3.8, 4) is 6.07 Å². The topological polar surface area (TPSA) is 49.6 Å². The van der Waals surface area contributed by atoms with Crippen LogP contribution in [0.5, 0.6) is 0 Å². The average molecular weight is 207 g/mol. The van der Waals surface area contributed by atoms with Crippen LogP contribution in [0, 0.1) is 17.2 Å². The van der Waals surface area contributed by atoms with Gasteiger partial charge < -0.3 is 0 Å². The second kappa shape index (κ2) is 4.97. The summed E-state index contributed by atoms with van der Waals surface area (Å²) in [6.07, 6.45) is 3.04. The Balaban J connectivity index is 2.82.